The third-order valence-electron chi connectivity index (χ3n) is 5.61. The highest BCUT2D eigenvalue weighted by molar-refractivity contribution is 7.80. The van der Waals surface area contributed by atoms with Gasteiger partial charge < -0.3 is 24.7 Å². The molecule has 1 heterocycles. The summed E-state index contributed by atoms with van der Waals surface area (Å²) in [7, 11) is 3.26. The Morgan fingerprint density at radius 2 is 1.74 bits per heavy atom. The molecule has 0 atom stereocenters. The number of aromatic nitrogens is 1. The van der Waals surface area contributed by atoms with E-state index in [9.17, 15) is 4.79 Å². The molecule has 0 amide bonds. The van der Waals surface area contributed by atoms with Crippen molar-refractivity contribution in [2.45, 2.75) is 20.0 Å². The zero-order valence-electron chi connectivity index (χ0n) is 19.4. The van der Waals surface area contributed by atoms with Crippen LogP contribution in [0.5, 0.6) is 11.5 Å². The molecule has 0 bridgehead atoms. The Morgan fingerprint density at radius 3 is 2.47 bits per heavy atom. The number of pyridine rings is 1. The summed E-state index contributed by atoms with van der Waals surface area (Å²) in [6.07, 6.45) is 0. The first-order valence-corrected chi connectivity index (χ1v) is 11.3. The molecule has 0 aliphatic rings. The molecule has 4 aromatic rings. The fourth-order valence-electron chi connectivity index (χ4n) is 3.79. The number of hydrogen-bond acceptors (Lipinski definition) is 4. The minimum atomic E-state index is -0.129. The first-order valence-electron chi connectivity index (χ1n) is 10.9. The van der Waals surface area contributed by atoms with Crippen LogP contribution in [0.2, 0.25) is 0 Å². The Hall–Kier alpha value is -3.84. The Morgan fingerprint density at radius 1 is 0.971 bits per heavy atom. The van der Waals surface area contributed by atoms with Crippen molar-refractivity contribution in [1.29, 1.82) is 0 Å². The van der Waals surface area contributed by atoms with Crippen LogP contribution in [0, 0.1) is 6.92 Å². The first kappa shape index (κ1) is 23.3. The lowest BCUT2D eigenvalue weighted by Gasteiger charge is -2.26. The van der Waals surface area contributed by atoms with Gasteiger partial charge in [0.1, 0.15) is 11.5 Å². The van der Waals surface area contributed by atoms with Crippen molar-refractivity contribution in [2.24, 2.45) is 0 Å². The number of hydrogen-bond donors (Lipinski definition) is 2. The second-order valence-corrected chi connectivity index (χ2v) is 8.44. The molecule has 7 heteroatoms. The van der Waals surface area contributed by atoms with E-state index in [1.54, 1.807) is 14.2 Å². The SMILES string of the molecule is COc1ccc(CN(Cc2cc3cc(C)ccc3[nH]c2=O)C(=S)Nc2ccccc2OC)cc1. The van der Waals surface area contributed by atoms with E-state index in [0.29, 0.717) is 29.5 Å². The van der Waals surface area contributed by atoms with E-state index in [0.717, 1.165) is 33.5 Å². The Kier molecular flexibility index (Phi) is 7.13. The second kappa shape index (κ2) is 10.4. The number of aryl methyl sites for hydroxylation is 1. The number of para-hydroxylation sites is 2. The first-order chi connectivity index (χ1) is 16.5. The summed E-state index contributed by atoms with van der Waals surface area (Å²) >= 11 is 5.79. The monoisotopic (exact) mass is 473 g/mol. The Labute approximate surface area is 204 Å². The Balaban J connectivity index is 1.66. The van der Waals surface area contributed by atoms with E-state index in [-0.39, 0.29) is 5.56 Å². The molecule has 174 valence electrons. The predicted molar refractivity (Wildman–Crippen MR) is 141 cm³/mol. The molecular weight excluding hydrogens is 446 g/mol. The van der Waals surface area contributed by atoms with E-state index < -0.39 is 0 Å². The summed E-state index contributed by atoms with van der Waals surface area (Å²) in [6.45, 7) is 2.88. The summed E-state index contributed by atoms with van der Waals surface area (Å²) in [5, 5.41) is 4.76. The number of ether oxygens (including phenoxy) is 2. The van der Waals surface area contributed by atoms with E-state index in [1.165, 1.54) is 0 Å². The van der Waals surface area contributed by atoms with Crippen LogP contribution in [0.15, 0.2) is 77.6 Å². The number of rotatable bonds is 7. The zero-order chi connectivity index (χ0) is 24.1. The number of benzene rings is 3. The molecule has 4 rings (SSSR count). The standard InChI is InChI=1S/C27H27N3O3S/c1-18-8-13-23-20(14-18)15-21(26(31)28-23)17-30(16-19-9-11-22(32-2)12-10-19)27(34)29-24-6-4-5-7-25(24)33-3/h4-15H,16-17H2,1-3H3,(H,28,31)(H,29,34). The molecule has 1 aromatic heterocycles. The number of methoxy groups -OCH3 is 2. The minimum absolute atomic E-state index is 0.129. The molecule has 6 nitrogen and oxygen atoms in total. The topological polar surface area (TPSA) is 66.6 Å². The number of nitrogens with one attached hydrogen (secondary N) is 2. The van der Waals surface area contributed by atoms with Crippen LogP contribution in [-0.4, -0.2) is 29.2 Å². The van der Waals surface area contributed by atoms with Gasteiger partial charge in [-0.3, -0.25) is 4.79 Å². The van der Waals surface area contributed by atoms with E-state index in [2.05, 4.69) is 16.4 Å². The second-order valence-electron chi connectivity index (χ2n) is 8.05. The van der Waals surface area contributed by atoms with Gasteiger partial charge in [0.05, 0.1) is 26.5 Å². The highest BCUT2D eigenvalue weighted by atomic mass is 32.1. The maximum Gasteiger partial charge on any atom is 0.253 e. The van der Waals surface area contributed by atoms with Crippen LogP contribution < -0.4 is 20.3 Å². The zero-order valence-corrected chi connectivity index (χ0v) is 20.2. The maximum absolute atomic E-state index is 12.9. The largest absolute Gasteiger partial charge is 0.497 e. The van der Waals surface area contributed by atoms with Gasteiger partial charge in [0.2, 0.25) is 0 Å². The van der Waals surface area contributed by atoms with Crippen LogP contribution >= 0.6 is 12.2 Å². The van der Waals surface area contributed by atoms with E-state index in [4.69, 9.17) is 21.7 Å². The van der Waals surface area contributed by atoms with Crippen molar-refractivity contribution in [3.05, 3.63) is 99.8 Å². The van der Waals surface area contributed by atoms with Gasteiger partial charge in [-0.25, -0.2) is 0 Å². The molecule has 0 fully saturated rings. The van der Waals surface area contributed by atoms with Crippen LogP contribution in [0.3, 0.4) is 0 Å². The molecule has 34 heavy (non-hydrogen) atoms. The number of fused-ring (bicyclic) bond motifs is 1. The lowest BCUT2D eigenvalue weighted by Crippen LogP contribution is -2.35. The average Bonchev–Trinajstić information content (AvgIpc) is 2.85. The van der Waals surface area contributed by atoms with Crippen LogP contribution in [0.25, 0.3) is 10.9 Å². The number of nitrogens with zero attached hydrogens (tertiary/aromatic N) is 1. The highest BCUT2D eigenvalue weighted by Gasteiger charge is 2.16. The average molecular weight is 474 g/mol. The normalized spacial score (nSPS) is 10.7. The van der Waals surface area contributed by atoms with Crippen LogP contribution in [0.4, 0.5) is 5.69 Å². The molecule has 3 aromatic carbocycles. The number of aromatic amines is 1. The molecular formula is C27H27N3O3S. The fourth-order valence-corrected chi connectivity index (χ4v) is 4.03. The van der Waals surface area contributed by atoms with E-state index in [1.807, 2.05) is 78.6 Å². The number of thiocarbonyl (C=S) groups is 1. The van der Waals surface area contributed by atoms with Crippen molar-refractivity contribution >= 4 is 33.9 Å². The van der Waals surface area contributed by atoms with Gasteiger partial charge in [-0.1, -0.05) is 35.9 Å². The number of anilines is 1. The van der Waals surface area contributed by atoms with E-state index >= 15 is 0 Å². The van der Waals surface area contributed by atoms with Crippen molar-refractivity contribution in [1.82, 2.24) is 9.88 Å². The maximum atomic E-state index is 12.9. The summed E-state index contributed by atoms with van der Waals surface area (Å²) < 4.78 is 10.7. The third-order valence-corrected chi connectivity index (χ3v) is 5.97. The lowest BCUT2D eigenvalue weighted by atomic mass is 10.1. The lowest BCUT2D eigenvalue weighted by molar-refractivity contribution is 0.404. The fraction of sp³-hybridized carbons (Fsp3) is 0.185. The van der Waals surface area contributed by atoms with Crippen molar-refractivity contribution in [3.8, 4) is 11.5 Å². The molecule has 0 saturated heterocycles. The molecule has 0 aliphatic carbocycles. The van der Waals surface area contributed by atoms with Gasteiger partial charge in [0, 0.05) is 17.6 Å². The Bertz CT molecular complexity index is 1370. The quantitative estimate of drug-likeness (QED) is 0.357. The summed E-state index contributed by atoms with van der Waals surface area (Å²) in [5.41, 5.74) is 4.26. The molecule has 0 saturated carbocycles. The summed E-state index contributed by atoms with van der Waals surface area (Å²) in [5.74, 6) is 1.47. The van der Waals surface area contributed by atoms with Crippen LogP contribution in [-0.2, 0) is 13.1 Å². The molecule has 2 N–H and O–H groups in total. The van der Waals surface area contributed by atoms with Gasteiger partial charge in [0.25, 0.3) is 5.56 Å². The molecule has 0 aliphatic heterocycles. The van der Waals surface area contributed by atoms with Gasteiger partial charge in [0.15, 0.2) is 5.11 Å². The molecule has 0 unspecified atom stereocenters. The van der Waals surface area contributed by atoms with Gasteiger partial charge in [-0.2, -0.15) is 0 Å². The molecule has 0 radical (unpaired) electrons. The number of H-pyrrole nitrogens is 1. The minimum Gasteiger partial charge on any atom is -0.497 e. The smallest absolute Gasteiger partial charge is 0.253 e. The van der Waals surface area contributed by atoms with Crippen molar-refractivity contribution < 1.29 is 9.47 Å². The summed E-state index contributed by atoms with van der Waals surface area (Å²) in [4.78, 5) is 17.9. The highest BCUT2D eigenvalue weighted by Crippen LogP contribution is 2.24. The van der Waals surface area contributed by atoms with Gasteiger partial charge >= 0.3 is 0 Å². The van der Waals surface area contributed by atoms with Crippen LogP contribution in [0.1, 0.15) is 16.7 Å². The van der Waals surface area contributed by atoms with Gasteiger partial charge in [-0.15, -0.1) is 0 Å². The van der Waals surface area contributed by atoms with Gasteiger partial charge in [-0.05, 0) is 72.6 Å². The molecule has 0 spiro atoms. The summed E-state index contributed by atoms with van der Waals surface area (Å²) in [6, 6.07) is 23.3. The third kappa shape index (κ3) is 5.38. The van der Waals surface area contributed by atoms with Crippen molar-refractivity contribution in [3.63, 3.8) is 0 Å². The van der Waals surface area contributed by atoms with Crippen molar-refractivity contribution in [2.75, 3.05) is 19.5 Å². The predicted octanol–water partition coefficient (Wildman–Crippen LogP) is 5.25.